The highest BCUT2D eigenvalue weighted by Gasteiger charge is 2.13. The van der Waals surface area contributed by atoms with E-state index in [9.17, 15) is 14.4 Å². The number of ether oxygens (including phenoxy) is 1. The second-order valence-electron chi connectivity index (χ2n) is 5.23. The van der Waals surface area contributed by atoms with Crippen LogP contribution in [0.1, 0.15) is 15.9 Å². The van der Waals surface area contributed by atoms with Gasteiger partial charge in [0.1, 0.15) is 13.2 Å². The van der Waals surface area contributed by atoms with Crippen molar-refractivity contribution in [3.05, 3.63) is 69.7 Å². The van der Waals surface area contributed by atoms with Crippen LogP contribution in [0.25, 0.3) is 0 Å². The monoisotopic (exact) mass is 394 g/mol. The van der Waals surface area contributed by atoms with Gasteiger partial charge in [0.25, 0.3) is 5.91 Å². The number of nitrogens with one attached hydrogen (secondary N) is 2. The van der Waals surface area contributed by atoms with Crippen molar-refractivity contribution >= 4 is 41.0 Å². The molecule has 2 aromatic carbocycles. The lowest BCUT2D eigenvalue weighted by molar-refractivity contribution is -0.145. The maximum atomic E-state index is 12.0. The highest BCUT2D eigenvalue weighted by molar-refractivity contribution is 6.36. The summed E-state index contributed by atoms with van der Waals surface area (Å²) in [5.41, 5.74) is 1.05. The smallest absolute Gasteiger partial charge is 0.325 e. The molecule has 2 N–H and O–H groups in total. The Hall–Kier alpha value is -2.57. The van der Waals surface area contributed by atoms with Gasteiger partial charge in [0.2, 0.25) is 5.91 Å². The van der Waals surface area contributed by atoms with E-state index in [0.717, 1.165) is 5.56 Å². The zero-order valence-electron chi connectivity index (χ0n) is 13.6. The van der Waals surface area contributed by atoms with Gasteiger partial charge in [0.05, 0.1) is 17.1 Å². The van der Waals surface area contributed by atoms with Gasteiger partial charge in [-0.25, -0.2) is 0 Å². The third-order valence-corrected chi connectivity index (χ3v) is 3.81. The van der Waals surface area contributed by atoms with Crippen LogP contribution in [-0.2, 0) is 20.9 Å². The maximum absolute atomic E-state index is 12.0. The third-order valence-electron chi connectivity index (χ3n) is 3.26. The molecule has 6 nitrogen and oxygen atoms in total. The van der Waals surface area contributed by atoms with Gasteiger partial charge in [-0.1, -0.05) is 53.5 Å². The number of benzene rings is 2. The molecule has 2 aromatic rings. The molecular weight excluding hydrogens is 379 g/mol. The second kappa shape index (κ2) is 9.79. The van der Waals surface area contributed by atoms with E-state index in [2.05, 4.69) is 10.6 Å². The first-order valence-corrected chi connectivity index (χ1v) is 8.41. The minimum Gasteiger partial charge on any atom is -0.460 e. The summed E-state index contributed by atoms with van der Waals surface area (Å²) in [6.45, 7) is -0.464. The summed E-state index contributed by atoms with van der Waals surface area (Å²) in [6.07, 6.45) is 0. The molecule has 0 saturated heterocycles. The van der Waals surface area contributed by atoms with Crippen molar-refractivity contribution in [3.63, 3.8) is 0 Å². The number of carbonyl (C=O) groups excluding carboxylic acids is 3. The molecule has 136 valence electrons. The summed E-state index contributed by atoms with van der Waals surface area (Å²) < 4.78 is 5.03. The molecule has 0 aliphatic heterocycles. The number of halogens is 2. The van der Waals surface area contributed by atoms with Crippen LogP contribution in [0.4, 0.5) is 0 Å². The molecule has 26 heavy (non-hydrogen) atoms. The van der Waals surface area contributed by atoms with Gasteiger partial charge in [-0.15, -0.1) is 0 Å². The molecule has 0 radical (unpaired) electrons. The Balaban J connectivity index is 1.69. The molecule has 0 atom stereocenters. The van der Waals surface area contributed by atoms with Crippen LogP contribution < -0.4 is 10.6 Å². The Morgan fingerprint density at radius 1 is 0.923 bits per heavy atom. The van der Waals surface area contributed by atoms with E-state index in [4.69, 9.17) is 27.9 Å². The molecule has 0 bridgehead atoms. The minimum atomic E-state index is -0.575. The van der Waals surface area contributed by atoms with E-state index in [0.29, 0.717) is 5.02 Å². The molecule has 0 saturated carbocycles. The average molecular weight is 395 g/mol. The number of rotatable bonds is 7. The van der Waals surface area contributed by atoms with Gasteiger partial charge in [0.15, 0.2) is 0 Å². The molecule has 8 heteroatoms. The van der Waals surface area contributed by atoms with Crippen molar-refractivity contribution in [1.82, 2.24) is 10.6 Å². The normalized spacial score (nSPS) is 10.1. The van der Waals surface area contributed by atoms with E-state index in [1.807, 2.05) is 30.3 Å². The molecule has 0 aromatic heterocycles. The molecule has 0 aliphatic rings. The van der Waals surface area contributed by atoms with Crippen molar-refractivity contribution in [3.8, 4) is 0 Å². The Morgan fingerprint density at radius 3 is 2.35 bits per heavy atom. The predicted molar refractivity (Wildman–Crippen MR) is 98.0 cm³/mol. The summed E-state index contributed by atoms with van der Waals surface area (Å²) in [5, 5.41) is 5.36. The SMILES string of the molecule is O=C(CNC(=O)c1ccc(Cl)cc1Cl)NCC(=O)OCc1ccccc1. The fourth-order valence-corrected chi connectivity index (χ4v) is 2.45. The number of esters is 1. The van der Waals surface area contributed by atoms with Crippen LogP contribution in [-0.4, -0.2) is 30.9 Å². The van der Waals surface area contributed by atoms with Crippen molar-refractivity contribution in [1.29, 1.82) is 0 Å². The zero-order chi connectivity index (χ0) is 18.9. The van der Waals surface area contributed by atoms with E-state index < -0.39 is 17.8 Å². The molecule has 2 amide bonds. The molecule has 0 heterocycles. The van der Waals surface area contributed by atoms with Crippen molar-refractivity contribution in [2.75, 3.05) is 13.1 Å². The van der Waals surface area contributed by atoms with Gasteiger partial charge >= 0.3 is 5.97 Å². The largest absolute Gasteiger partial charge is 0.460 e. The number of hydrogen-bond acceptors (Lipinski definition) is 4. The van der Waals surface area contributed by atoms with Gasteiger partial charge in [-0.3, -0.25) is 14.4 Å². The summed E-state index contributed by atoms with van der Waals surface area (Å²) in [6, 6.07) is 13.6. The molecule has 0 fully saturated rings. The summed E-state index contributed by atoms with van der Waals surface area (Å²) in [7, 11) is 0. The fraction of sp³-hybridized carbons (Fsp3) is 0.167. The highest BCUT2D eigenvalue weighted by Crippen LogP contribution is 2.20. The summed E-state index contributed by atoms with van der Waals surface area (Å²) >= 11 is 11.7. The molecule has 0 unspecified atom stereocenters. The Bertz CT molecular complexity index is 797. The Kier molecular flexibility index (Phi) is 7.44. The molecule has 0 spiro atoms. The zero-order valence-corrected chi connectivity index (χ0v) is 15.1. The molecule has 0 aliphatic carbocycles. The third kappa shape index (κ3) is 6.38. The minimum absolute atomic E-state index is 0.126. The van der Waals surface area contributed by atoms with Crippen LogP contribution in [0.15, 0.2) is 48.5 Å². The van der Waals surface area contributed by atoms with Crippen LogP contribution in [0.3, 0.4) is 0 Å². The quantitative estimate of drug-likeness (QED) is 0.706. The van der Waals surface area contributed by atoms with Crippen LogP contribution in [0.5, 0.6) is 0 Å². The molecule has 2 rings (SSSR count). The van der Waals surface area contributed by atoms with Gasteiger partial charge in [-0.2, -0.15) is 0 Å². The fourth-order valence-electron chi connectivity index (χ4n) is 1.95. The van der Waals surface area contributed by atoms with Crippen LogP contribution in [0, 0.1) is 0 Å². The summed E-state index contributed by atoms with van der Waals surface area (Å²) in [4.78, 5) is 35.3. The first-order chi connectivity index (χ1) is 12.5. The predicted octanol–water partition coefficient (Wildman–Crippen LogP) is 2.58. The van der Waals surface area contributed by atoms with Crippen LogP contribution >= 0.6 is 23.2 Å². The highest BCUT2D eigenvalue weighted by atomic mass is 35.5. The van der Waals surface area contributed by atoms with Gasteiger partial charge in [-0.05, 0) is 23.8 Å². The maximum Gasteiger partial charge on any atom is 0.325 e. The van der Waals surface area contributed by atoms with Crippen LogP contribution in [0.2, 0.25) is 10.0 Å². The van der Waals surface area contributed by atoms with Gasteiger partial charge < -0.3 is 15.4 Å². The van der Waals surface area contributed by atoms with E-state index >= 15 is 0 Å². The topological polar surface area (TPSA) is 84.5 Å². The van der Waals surface area contributed by atoms with E-state index in [-0.39, 0.29) is 30.3 Å². The number of carbonyl (C=O) groups is 3. The van der Waals surface area contributed by atoms with Crippen molar-refractivity contribution in [2.45, 2.75) is 6.61 Å². The van der Waals surface area contributed by atoms with Crippen molar-refractivity contribution in [2.24, 2.45) is 0 Å². The molecular formula is C18H16Cl2N2O4. The number of hydrogen-bond donors (Lipinski definition) is 2. The lowest BCUT2D eigenvalue weighted by Crippen LogP contribution is -2.39. The lowest BCUT2D eigenvalue weighted by atomic mass is 10.2. The van der Waals surface area contributed by atoms with Gasteiger partial charge in [0, 0.05) is 5.02 Å². The number of amides is 2. The van der Waals surface area contributed by atoms with E-state index in [1.165, 1.54) is 18.2 Å². The lowest BCUT2D eigenvalue weighted by Gasteiger charge is -2.08. The Labute approximate surface area is 160 Å². The second-order valence-corrected chi connectivity index (χ2v) is 6.07. The Morgan fingerprint density at radius 2 is 1.65 bits per heavy atom. The first-order valence-electron chi connectivity index (χ1n) is 7.65. The van der Waals surface area contributed by atoms with E-state index in [1.54, 1.807) is 0 Å². The van der Waals surface area contributed by atoms with Crippen molar-refractivity contribution < 1.29 is 19.1 Å². The first kappa shape index (κ1) is 19.8. The summed E-state index contributed by atoms with van der Waals surface area (Å²) in [5.74, 6) is -1.62. The standard InChI is InChI=1S/C18H16Cl2N2O4/c19-13-6-7-14(15(20)8-13)18(25)22-9-16(23)21-10-17(24)26-11-12-4-2-1-3-5-12/h1-8H,9-11H2,(H,21,23)(H,22,25). The average Bonchev–Trinajstić information content (AvgIpc) is 2.63.